The molecule has 6 heteroatoms. The first-order valence-electron chi connectivity index (χ1n) is 8.54. The molecule has 0 bridgehead atoms. The van der Waals surface area contributed by atoms with Crippen LogP contribution in [-0.2, 0) is 29.0 Å². The van der Waals surface area contributed by atoms with Crippen LogP contribution in [-0.4, -0.2) is 13.1 Å². The van der Waals surface area contributed by atoms with Gasteiger partial charge in [0.25, 0.3) is 0 Å². The van der Waals surface area contributed by atoms with E-state index in [1.54, 1.807) is 36.4 Å². The fraction of sp³-hybridized carbons (Fsp3) is 0.238. The van der Waals surface area contributed by atoms with Crippen LogP contribution in [0.25, 0.3) is 11.0 Å². The Bertz CT molecular complexity index is 1020. The van der Waals surface area contributed by atoms with Crippen LogP contribution in [0.3, 0.4) is 0 Å². The van der Waals surface area contributed by atoms with Gasteiger partial charge in [-0.3, -0.25) is 9.59 Å². The van der Waals surface area contributed by atoms with Crippen LogP contribution >= 0.6 is 11.6 Å². The molecule has 3 aromatic rings. The summed E-state index contributed by atoms with van der Waals surface area (Å²) >= 11 is 5.85. The molecule has 0 radical (unpaired) electrons. The molecular weight excluding hydrogens is 368 g/mol. The zero-order chi connectivity index (χ0) is 19.4. The zero-order valence-electron chi connectivity index (χ0n) is 15.1. The van der Waals surface area contributed by atoms with Crippen LogP contribution < -0.4 is 10.2 Å². The van der Waals surface area contributed by atoms with E-state index in [0.29, 0.717) is 39.5 Å². The van der Waals surface area contributed by atoms with Crippen molar-refractivity contribution in [2.45, 2.75) is 26.4 Å². The Morgan fingerprint density at radius 2 is 1.89 bits per heavy atom. The van der Waals surface area contributed by atoms with Gasteiger partial charge in [-0.05, 0) is 29.8 Å². The minimum atomic E-state index is -0.398. The summed E-state index contributed by atoms with van der Waals surface area (Å²) in [5.74, 6) is 0.665. The molecule has 5 nitrogen and oxygen atoms in total. The van der Waals surface area contributed by atoms with Gasteiger partial charge in [0.15, 0.2) is 5.43 Å². The molecular formula is C21H19ClO5. The van der Waals surface area contributed by atoms with Crippen molar-refractivity contribution in [1.29, 1.82) is 0 Å². The minimum absolute atomic E-state index is 0.0525. The van der Waals surface area contributed by atoms with Crippen LogP contribution in [0, 0.1) is 0 Å². The predicted molar refractivity (Wildman–Crippen MR) is 103 cm³/mol. The normalized spacial score (nSPS) is 10.8. The van der Waals surface area contributed by atoms with Crippen molar-refractivity contribution in [3.63, 3.8) is 0 Å². The number of hydrogen-bond donors (Lipinski definition) is 0. The molecule has 1 aromatic heterocycles. The summed E-state index contributed by atoms with van der Waals surface area (Å²) < 4.78 is 16.6. The van der Waals surface area contributed by atoms with E-state index in [1.165, 1.54) is 13.2 Å². The van der Waals surface area contributed by atoms with Crippen molar-refractivity contribution < 1.29 is 18.7 Å². The van der Waals surface area contributed by atoms with Gasteiger partial charge in [0.1, 0.15) is 23.7 Å². The first-order valence-corrected chi connectivity index (χ1v) is 8.92. The number of rotatable bonds is 6. The zero-order valence-corrected chi connectivity index (χ0v) is 15.8. The number of hydrogen-bond acceptors (Lipinski definition) is 5. The fourth-order valence-corrected chi connectivity index (χ4v) is 2.91. The number of halogens is 1. The number of esters is 1. The Kier molecular flexibility index (Phi) is 5.81. The highest BCUT2D eigenvalue weighted by molar-refractivity contribution is 6.30. The van der Waals surface area contributed by atoms with Gasteiger partial charge in [0, 0.05) is 17.5 Å². The van der Waals surface area contributed by atoms with Crippen LogP contribution in [0.2, 0.25) is 5.02 Å². The lowest BCUT2D eigenvalue weighted by Gasteiger charge is -2.12. The highest BCUT2D eigenvalue weighted by atomic mass is 35.5. The lowest BCUT2D eigenvalue weighted by Crippen LogP contribution is -2.10. The molecule has 0 aliphatic heterocycles. The average Bonchev–Trinajstić information content (AvgIpc) is 2.67. The first kappa shape index (κ1) is 19.0. The Morgan fingerprint density at radius 3 is 2.56 bits per heavy atom. The van der Waals surface area contributed by atoms with Crippen LogP contribution in [0.4, 0.5) is 0 Å². The number of carbonyl (C=O) groups is 1. The minimum Gasteiger partial charge on any atom is -0.496 e. The third-order valence-electron chi connectivity index (χ3n) is 4.22. The molecule has 0 N–H and O–H groups in total. The van der Waals surface area contributed by atoms with E-state index in [9.17, 15) is 9.59 Å². The smallest absolute Gasteiger partial charge is 0.310 e. The van der Waals surface area contributed by atoms with Gasteiger partial charge in [0.2, 0.25) is 0 Å². The lowest BCUT2D eigenvalue weighted by atomic mass is 10.1. The topological polar surface area (TPSA) is 65.7 Å². The van der Waals surface area contributed by atoms with E-state index in [0.717, 1.165) is 5.56 Å². The maximum Gasteiger partial charge on any atom is 0.310 e. The van der Waals surface area contributed by atoms with E-state index in [-0.39, 0.29) is 18.5 Å². The maximum absolute atomic E-state index is 12.3. The summed E-state index contributed by atoms with van der Waals surface area (Å²) in [6, 6.07) is 11.8. The molecule has 0 aliphatic carbocycles. The molecule has 27 heavy (non-hydrogen) atoms. The molecule has 0 amide bonds. The number of benzene rings is 2. The Morgan fingerprint density at radius 1 is 1.15 bits per heavy atom. The summed E-state index contributed by atoms with van der Waals surface area (Å²) in [4.78, 5) is 24.5. The Labute approximate surface area is 161 Å². The summed E-state index contributed by atoms with van der Waals surface area (Å²) in [6.07, 6.45) is 0.701. The number of carbonyl (C=O) groups excluding carboxylic acids is 1. The van der Waals surface area contributed by atoms with Gasteiger partial charge in [-0.2, -0.15) is 0 Å². The van der Waals surface area contributed by atoms with E-state index >= 15 is 0 Å². The number of methoxy groups -OCH3 is 1. The van der Waals surface area contributed by atoms with Gasteiger partial charge < -0.3 is 13.9 Å². The van der Waals surface area contributed by atoms with Crippen molar-refractivity contribution in [3.05, 3.63) is 74.6 Å². The summed E-state index contributed by atoms with van der Waals surface area (Å²) in [5, 5.41) is 1.03. The van der Waals surface area contributed by atoms with Gasteiger partial charge >= 0.3 is 5.97 Å². The van der Waals surface area contributed by atoms with Crippen molar-refractivity contribution >= 4 is 28.5 Å². The fourth-order valence-electron chi connectivity index (χ4n) is 2.78. The van der Waals surface area contributed by atoms with Crippen molar-refractivity contribution in [2.24, 2.45) is 0 Å². The average molecular weight is 387 g/mol. The summed E-state index contributed by atoms with van der Waals surface area (Å²) in [6.45, 7) is 1.85. The molecule has 140 valence electrons. The molecule has 0 aliphatic rings. The van der Waals surface area contributed by atoms with Crippen molar-refractivity contribution in [1.82, 2.24) is 0 Å². The second-order valence-electron chi connectivity index (χ2n) is 6.02. The summed E-state index contributed by atoms with van der Waals surface area (Å²) in [7, 11) is 1.52. The van der Waals surface area contributed by atoms with Crippen molar-refractivity contribution in [2.75, 3.05) is 7.11 Å². The number of aryl methyl sites for hydroxylation is 1. The second-order valence-corrected chi connectivity index (χ2v) is 6.45. The highest BCUT2D eigenvalue weighted by Crippen LogP contribution is 2.28. The van der Waals surface area contributed by atoms with Crippen molar-refractivity contribution in [3.8, 4) is 5.75 Å². The van der Waals surface area contributed by atoms with E-state index in [4.69, 9.17) is 25.5 Å². The molecule has 0 unspecified atom stereocenters. The van der Waals surface area contributed by atoms with Gasteiger partial charge in [-0.15, -0.1) is 0 Å². The molecule has 0 spiro atoms. The standard InChI is InChI=1S/C21H19ClO5/c1-3-15-11-18(23)16-8-9-19(25-2)17(21(16)27-15)12-26-20(24)10-13-4-6-14(22)7-5-13/h4-9,11H,3,10,12H2,1-2H3. The molecule has 3 rings (SSSR count). The van der Waals surface area contributed by atoms with Gasteiger partial charge in [-0.25, -0.2) is 0 Å². The third-order valence-corrected chi connectivity index (χ3v) is 4.47. The maximum atomic E-state index is 12.3. The van der Waals surface area contributed by atoms with E-state index in [1.807, 2.05) is 6.92 Å². The molecule has 1 heterocycles. The highest BCUT2D eigenvalue weighted by Gasteiger charge is 2.16. The molecule has 0 atom stereocenters. The Balaban J connectivity index is 1.86. The monoisotopic (exact) mass is 386 g/mol. The number of fused-ring (bicyclic) bond motifs is 1. The predicted octanol–water partition coefficient (Wildman–Crippen LogP) is 4.30. The molecule has 2 aromatic carbocycles. The van der Waals surface area contributed by atoms with E-state index in [2.05, 4.69) is 0 Å². The molecule has 0 saturated carbocycles. The van der Waals surface area contributed by atoms with Crippen LogP contribution in [0.15, 0.2) is 51.7 Å². The number of ether oxygens (including phenoxy) is 2. The SMILES string of the molecule is CCc1cc(=O)c2ccc(OC)c(COC(=O)Cc3ccc(Cl)cc3)c2o1. The molecule has 0 saturated heterocycles. The van der Waals surface area contributed by atoms with E-state index < -0.39 is 5.97 Å². The third kappa shape index (κ3) is 4.31. The van der Waals surface area contributed by atoms with Gasteiger partial charge in [-0.1, -0.05) is 30.7 Å². The van der Waals surface area contributed by atoms with Gasteiger partial charge in [0.05, 0.1) is 24.5 Å². The second kappa shape index (κ2) is 8.27. The first-order chi connectivity index (χ1) is 13.0. The van der Waals surface area contributed by atoms with Crippen LogP contribution in [0.1, 0.15) is 23.8 Å². The summed E-state index contributed by atoms with van der Waals surface area (Å²) in [5.41, 5.74) is 1.59. The Hall–Kier alpha value is -2.79. The largest absolute Gasteiger partial charge is 0.496 e. The van der Waals surface area contributed by atoms with Crippen LogP contribution in [0.5, 0.6) is 5.75 Å². The lowest BCUT2D eigenvalue weighted by molar-refractivity contribution is -0.144. The molecule has 0 fully saturated rings. The quantitative estimate of drug-likeness (QED) is 0.591.